The number of fused-ring (bicyclic) bond motifs is 1. The minimum Gasteiger partial charge on any atom is -0.454 e. The minimum atomic E-state index is -0.107. The Balaban J connectivity index is 1.81. The molecule has 1 aliphatic heterocycles. The summed E-state index contributed by atoms with van der Waals surface area (Å²) in [4.78, 5) is 0. The van der Waals surface area contributed by atoms with Crippen molar-refractivity contribution in [1.29, 1.82) is 0 Å². The summed E-state index contributed by atoms with van der Waals surface area (Å²) >= 11 is 12.3. The van der Waals surface area contributed by atoms with Gasteiger partial charge >= 0.3 is 0 Å². The molecule has 1 aliphatic rings. The van der Waals surface area contributed by atoms with Crippen LogP contribution in [-0.2, 0) is 6.54 Å². The summed E-state index contributed by atoms with van der Waals surface area (Å²) in [7, 11) is 0. The van der Waals surface area contributed by atoms with Crippen molar-refractivity contribution < 1.29 is 9.47 Å². The molecule has 0 fully saturated rings. The molecule has 0 saturated carbocycles. The van der Waals surface area contributed by atoms with E-state index in [4.69, 9.17) is 32.7 Å². The molecule has 3 rings (SSSR count). The summed E-state index contributed by atoms with van der Waals surface area (Å²) in [6.07, 6.45) is 2.66. The molecule has 0 bridgehead atoms. The van der Waals surface area contributed by atoms with Crippen LogP contribution in [0.3, 0.4) is 0 Å². The molecule has 1 aromatic carbocycles. The number of nitrogens with zero attached hydrogens (tertiary/aromatic N) is 3. The van der Waals surface area contributed by atoms with E-state index >= 15 is 0 Å². The van der Waals surface area contributed by atoms with Gasteiger partial charge in [0.05, 0.1) is 23.1 Å². The predicted molar refractivity (Wildman–Crippen MR) is 75.6 cm³/mol. The summed E-state index contributed by atoms with van der Waals surface area (Å²) in [5, 5.41) is 8.57. The number of halogens is 2. The van der Waals surface area contributed by atoms with Crippen molar-refractivity contribution in [2.45, 2.75) is 25.3 Å². The molecular formula is C13H13Cl2N3O2. The summed E-state index contributed by atoms with van der Waals surface area (Å²) in [5.74, 6) is 1.26. The van der Waals surface area contributed by atoms with Crippen LogP contribution in [0.4, 0.5) is 0 Å². The van der Waals surface area contributed by atoms with Gasteiger partial charge in [0.1, 0.15) is 5.69 Å². The lowest BCUT2D eigenvalue weighted by atomic mass is 10.2. The fourth-order valence-electron chi connectivity index (χ4n) is 2.04. The molecule has 1 unspecified atom stereocenters. The lowest BCUT2D eigenvalue weighted by molar-refractivity contribution is 0.174. The molecule has 1 aromatic heterocycles. The fourth-order valence-corrected chi connectivity index (χ4v) is 2.43. The van der Waals surface area contributed by atoms with Gasteiger partial charge in [-0.2, -0.15) is 0 Å². The van der Waals surface area contributed by atoms with E-state index in [9.17, 15) is 0 Å². The molecule has 0 aliphatic carbocycles. The average molecular weight is 314 g/mol. The van der Waals surface area contributed by atoms with Gasteiger partial charge in [-0.15, -0.1) is 16.7 Å². The van der Waals surface area contributed by atoms with E-state index in [2.05, 4.69) is 10.3 Å². The Hall–Kier alpha value is -1.46. The Kier molecular flexibility index (Phi) is 3.72. The third kappa shape index (κ3) is 2.55. The second-order valence-corrected chi connectivity index (χ2v) is 5.46. The highest BCUT2D eigenvalue weighted by Crippen LogP contribution is 2.39. The van der Waals surface area contributed by atoms with Crippen molar-refractivity contribution in [2.24, 2.45) is 0 Å². The second-order valence-electron chi connectivity index (χ2n) is 4.53. The molecule has 7 heteroatoms. The van der Waals surface area contributed by atoms with Gasteiger partial charge in [-0.1, -0.05) is 23.7 Å². The molecule has 0 spiro atoms. The minimum absolute atomic E-state index is 0.107. The number of rotatable bonds is 4. The second kappa shape index (κ2) is 5.50. The summed E-state index contributed by atoms with van der Waals surface area (Å²) < 4.78 is 12.4. The van der Waals surface area contributed by atoms with Crippen molar-refractivity contribution in [3.63, 3.8) is 0 Å². The van der Waals surface area contributed by atoms with Gasteiger partial charge in [-0.3, -0.25) is 0 Å². The molecule has 1 atom stereocenters. The number of aromatic nitrogens is 3. The third-order valence-electron chi connectivity index (χ3n) is 3.07. The van der Waals surface area contributed by atoms with E-state index in [0.717, 1.165) is 17.7 Å². The van der Waals surface area contributed by atoms with E-state index < -0.39 is 0 Å². The van der Waals surface area contributed by atoms with E-state index in [1.54, 1.807) is 4.68 Å². The van der Waals surface area contributed by atoms with Crippen LogP contribution in [0.5, 0.6) is 11.5 Å². The van der Waals surface area contributed by atoms with Crippen LogP contribution in [0, 0.1) is 0 Å². The smallest absolute Gasteiger partial charge is 0.231 e. The van der Waals surface area contributed by atoms with Crippen molar-refractivity contribution in [1.82, 2.24) is 15.0 Å². The van der Waals surface area contributed by atoms with Crippen molar-refractivity contribution >= 4 is 23.2 Å². The SMILES string of the molecule is CCC(Cl)c1cn(Cc2cc(Cl)c3c(c2)OCO3)nn1. The summed E-state index contributed by atoms with van der Waals surface area (Å²) in [5.41, 5.74) is 1.75. The molecule has 0 amide bonds. The van der Waals surface area contributed by atoms with Crippen LogP contribution in [0.2, 0.25) is 5.02 Å². The van der Waals surface area contributed by atoms with E-state index in [1.807, 2.05) is 25.3 Å². The first kappa shape index (κ1) is 13.5. The first-order valence-corrected chi connectivity index (χ1v) is 7.11. The summed E-state index contributed by atoms with van der Waals surface area (Å²) in [6, 6.07) is 3.74. The van der Waals surface area contributed by atoms with Crippen LogP contribution < -0.4 is 9.47 Å². The van der Waals surface area contributed by atoms with Gasteiger partial charge in [0, 0.05) is 0 Å². The highest BCUT2D eigenvalue weighted by atomic mass is 35.5. The fraction of sp³-hybridized carbons (Fsp3) is 0.385. The molecule has 2 heterocycles. The number of ether oxygens (including phenoxy) is 2. The van der Waals surface area contributed by atoms with Crippen LogP contribution >= 0.6 is 23.2 Å². The van der Waals surface area contributed by atoms with Crippen molar-refractivity contribution in [2.75, 3.05) is 6.79 Å². The number of benzene rings is 1. The Morgan fingerprint density at radius 1 is 1.40 bits per heavy atom. The quantitative estimate of drug-likeness (QED) is 0.812. The zero-order valence-electron chi connectivity index (χ0n) is 10.8. The highest BCUT2D eigenvalue weighted by molar-refractivity contribution is 6.32. The van der Waals surface area contributed by atoms with Gasteiger partial charge in [0.25, 0.3) is 0 Å². The van der Waals surface area contributed by atoms with Crippen molar-refractivity contribution in [3.8, 4) is 11.5 Å². The largest absolute Gasteiger partial charge is 0.454 e. The lowest BCUT2D eigenvalue weighted by Crippen LogP contribution is -2.00. The van der Waals surface area contributed by atoms with Gasteiger partial charge in [-0.05, 0) is 24.1 Å². The lowest BCUT2D eigenvalue weighted by Gasteiger charge is -2.05. The topological polar surface area (TPSA) is 49.2 Å². The van der Waals surface area contributed by atoms with E-state index in [0.29, 0.717) is 23.1 Å². The standard InChI is InChI=1S/C13H13Cl2N3O2/c1-2-9(14)11-6-18(17-16-11)5-8-3-10(15)13-12(4-8)19-7-20-13/h3-4,6,9H,2,5,7H2,1H3. The number of alkyl halides is 1. The van der Waals surface area contributed by atoms with E-state index in [-0.39, 0.29) is 12.2 Å². The maximum absolute atomic E-state index is 6.15. The molecule has 2 aromatic rings. The molecule has 0 N–H and O–H groups in total. The normalized spacial score (nSPS) is 14.6. The molecular weight excluding hydrogens is 301 g/mol. The first-order valence-electron chi connectivity index (χ1n) is 6.29. The first-order chi connectivity index (χ1) is 9.67. The Morgan fingerprint density at radius 2 is 2.25 bits per heavy atom. The Morgan fingerprint density at radius 3 is 3.05 bits per heavy atom. The van der Waals surface area contributed by atoms with Gasteiger partial charge < -0.3 is 9.47 Å². The Labute approximate surface area is 126 Å². The number of hydrogen-bond donors (Lipinski definition) is 0. The maximum atomic E-state index is 6.15. The van der Waals surface area contributed by atoms with Gasteiger partial charge in [0.2, 0.25) is 6.79 Å². The summed E-state index contributed by atoms with van der Waals surface area (Å²) in [6.45, 7) is 2.77. The van der Waals surface area contributed by atoms with Crippen LogP contribution in [0.1, 0.15) is 30.0 Å². The highest BCUT2D eigenvalue weighted by Gasteiger charge is 2.18. The number of hydrogen-bond acceptors (Lipinski definition) is 4. The molecule has 5 nitrogen and oxygen atoms in total. The van der Waals surface area contributed by atoms with E-state index in [1.165, 1.54) is 0 Å². The third-order valence-corrected chi connectivity index (χ3v) is 3.88. The molecule has 0 radical (unpaired) electrons. The molecule has 20 heavy (non-hydrogen) atoms. The van der Waals surface area contributed by atoms with Crippen LogP contribution in [0.15, 0.2) is 18.3 Å². The molecule has 106 valence electrons. The average Bonchev–Trinajstić information content (AvgIpc) is 3.07. The maximum Gasteiger partial charge on any atom is 0.231 e. The van der Waals surface area contributed by atoms with Crippen LogP contribution in [0.25, 0.3) is 0 Å². The predicted octanol–water partition coefficient (Wildman–Crippen LogP) is 3.40. The monoisotopic (exact) mass is 313 g/mol. The van der Waals surface area contributed by atoms with Gasteiger partial charge in [-0.25, -0.2) is 4.68 Å². The van der Waals surface area contributed by atoms with Gasteiger partial charge in [0.15, 0.2) is 11.5 Å². The zero-order valence-corrected chi connectivity index (χ0v) is 12.4. The van der Waals surface area contributed by atoms with Crippen molar-refractivity contribution in [3.05, 3.63) is 34.6 Å². The zero-order chi connectivity index (χ0) is 14.1. The molecule has 0 saturated heterocycles. The Bertz CT molecular complexity index is 630. The van der Waals surface area contributed by atoms with Crippen LogP contribution in [-0.4, -0.2) is 21.8 Å².